The van der Waals surface area contributed by atoms with Crippen molar-refractivity contribution >= 4 is 46.3 Å². The number of halogens is 1. The first kappa shape index (κ1) is 28.3. The Hall–Kier alpha value is -3.47. The van der Waals surface area contributed by atoms with Gasteiger partial charge in [-0.25, -0.2) is 33.9 Å². The molecule has 8 atom stereocenters. The maximum Gasteiger partial charge on any atom is 0.472 e. The number of aromatic amines is 1. The highest BCUT2D eigenvalue weighted by molar-refractivity contribution is 7.84. The number of hydrogen-bond acceptors (Lipinski definition) is 15. The summed E-state index contributed by atoms with van der Waals surface area (Å²) in [6, 6.07) is -1.02. The Morgan fingerprint density at radius 2 is 1.81 bits per heavy atom. The number of phosphoric acid groups is 1. The van der Waals surface area contributed by atoms with Crippen molar-refractivity contribution < 1.29 is 45.0 Å². The molecular weight excluding hydrogens is 622 g/mol. The molecular formula is C20H22FN10O10PS. The number of anilines is 1. The molecule has 3 saturated heterocycles. The minimum atomic E-state index is -5.00. The van der Waals surface area contributed by atoms with Crippen LogP contribution >= 0.6 is 7.82 Å². The highest BCUT2D eigenvalue weighted by Crippen LogP contribution is 2.50. The van der Waals surface area contributed by atoms with Gasteiger partial charge in [0.25, 0.3) is 5.56 Å². The van der Waals surface area contributed by atoms with Gasteiger partial charge in [0.2, 0.25) is 0 Å². The van der Waals surface area contributed by atoms with E-state index in [0.717, 1.165) is 17.2 Å². The van der Waals surface area contributed by atoms with Gasteiger partial charge in [0, 0.05) is 6.42 Å². The number of nitrogens with one attached hydrogen (secondary N) is 2. The maximum atomic E-state index is 15.8. The fourth-order valence-corrected chi connectivity index (χ4v) is 7.17. The van der Waals surface area contributed by atoms with Gasteiger partial charge < -0.3 is 25.1 Å². The zero-order chi connectivity index (χ0) is 30.1. The summed E-state index contributed by atoms with van der Waals surface area (Å²) in [7, 11) is -9.52. The second kappa shape index (κ2) is 10.3. The van der Waals surface area contributed by atoms with Crippen molar-refractivity contribution in [3.63, 3.8) is 0 Å². The monoisotopic (exact) mass is 644 g/mol. The number of alkyl halides is 1. The third-order valence-electron chi connectivity index (χ3n) is 7.18. The number of imidazole rings is 2. The number of ether oxygens (including phenoxy) is 2. The van der Waals surface area contributed by atoms with Gasteiger partial charge in [-0.3, -0.25) is 27.2 Å². The van der Waals surface area contributed by atoms with Crippen LogP contribution in [0.4, 0.5) is 10.2 Å². The number of nitrogen functional groups attached to an aromatic ring is 1. The minimum Gasteiger partial charge on any atom is -0.382 e. The third kappa shape index (κ3) is 5.09. The molecule has 0 spiro atoms. The Morgan fingerprint density at radius 1 is 1.05 bits per heavy atom. The summed E-state index contributed by atoms with van der Waals surface area (Å²) in [5, 5.41) is 0. The van der Waals surface area contributed by atoms with Gasteiger partial charge >= 0.3 is 18.1 Å². The zero-order valence-corrected chi connectivity index (χ0v) is 23.2. The van der Waals surface area contributed by atoms with E-state index in [0.29, 0.717) is 11.2 Å². The average molecular weight is 644 g/mol. The minimum absolute atomic E-state index is 0.000409. The molecule has 3 aliphatic heterocycles. The topological polar surface area (TPSA) is 263 Å². The molecule has 5 N–H and O–H groups in total. The van der Waals surface area contributed by atoms with Crippen molar-refractivity contribution in [1.29, 1.82) is 0 Å². The molecule has 3 fully saturated rings. The summed E-state index contributed by atoms with van der Waals surface area (Å²) in [6.45, 7) is -1.46. The lowest BCUT2D eigenvalue weighted by Gasteiger charge is -2.26. The predicted molar refractivity (Wildman–Crippen MR) is 138 cm³/mol. The molecule has 4 aromatic heterocycles. The number of aromatic nitrogens is 8. The van der Waals surface area contributed by atoms with Crippen LogP contribution in [0.2, 0.25) is 0 Å². The maximum absolute atomic E-state index is 15.8. The predicted octanol–water partition coefficient (Wildman–Crippen LogP) is -1.20. The number of rotatable bonds is 2. The summed E-state index contributed by atoms with van der Waals surface area (Å²) >= 11 is 0. The van der Waals surface area contributed by atoms with Crippen molar-refractivity contribution in [2.24, 2.45) is 0 Å². The van der Waals surface area contributed by atoms with Gasteiger partial charge in [0.05, 0.1) is 38.2 Å². The van der Waals surface area contributed by atoms with Crippen molar-refractivity contribution in [2.45, 2.75) is 49.4 Å². The molecule has 23 heteroatoms. The Kier molecular flexibility index (Phi) is 6.79. The van der Waals surface area contributed by atoms with E-state index in [9.17, 15) is 22.7 Å². The molecule has 0 radical (unpaired) electrons. The van der Waals surface area contributed by atoms with Crippen molar-refractivity contribution in [1.82, 2.24) is 43.8 Å². The van der Waals surface area contributed by atoms with E-state index >= 15 is 4.39 Å². The molecule has 0 saturated carbocycles. The Balaban J connectivity index is 1.15. The first-order valence-corrected chi connectivity index (χ1v) is 15.5. The zero-order valence-electron chi connectivity index (χ0n) is 21.5. The fourth-order valence-electron chi connectivity index (χ4n) is 5.22. The molecule has 230 valence electrons. The molecule has 3 aliphatic rings. The van der Waals surface area contributed by atoms with Crippen LogP contribution in [-0.2, 0) is 37.6 Å². The molecule has 43 heavy (non-hydrogen) atoms. The molecule has 20 nitrogen and oxygen atoms in total. The van der Waals surface area contributed by atoms with Crippen LogP contribution in [0.15, 0.2) is 30.1 Å². The lowest BCUT2D eigenvalue weighted by atomic mass is 10.1. The summed E-state index contributed by atoms with van der Waals surface area (Å²) < 4.78 is 86.6. The lowest BCUT2D eigenvalue weighted by Crippen LogP contribution is -2.45. The van der Waals surface area contributed by atoms with Crippen LogP contribution in [0.1, 0.15) is 18.9 Å². The lowest BCUT2D eigenvalue weighted by molar-refractivity contribution is -0.0476. The number of fused-ring (bicyclic) bond motifs is 4. The number of hydrogen-bond donors (Lipinski definition) is 4. The quantitative estimate of drug-likeness (QED) is 0.187. The summed E-state index contributed by atoms with van der Waals surface area (Å²) in [5.74, 6) is 0.122. The van der Waals surface area contributed by atoms with E-state index < -0.39 is 79.9 Å². The molecule has 0 amide bonds. The highest BCUT2D eigenvalue weighted by atomic mass is 32.2. The van der Waals surface area contributed by atoms with Crippen LogP contribution in [0.5, 0.6) is 0 Å². The van der Waals surface area contributed by atoms with Gasteiger partial charge in [-0.2, -0.15) is 13.1 Å². The number of nitrogens with zero attached hydrogens (tertiary/aromatic N) is 7. The first-order valence-electron chi connectivity index (χ1n) is 12.6. The van der Waals surface area contributed by atoms with E-state index in [4.69, 9.17) is 28.4 Å². The first-order chi connectivity index (χ1) is 20.5. The summed E-state index contributed by atoms with van der Waals surface area (Å²) in [5.41, 5.74) is 5.69. The van der Waals surface area contributed by atoms with Crippen molar-refractivity contribution in [3.8, 4) is 0 Å². The van der Waals surface area contributed by atoms with E-state index in [2.05, 4.69) is 34.6 Å². The molecule has 0 aromatic carbocycles. The summed E-state index contributed by atoms with van der Waals surface area (Å²) in [6.07, 6.45) is -4.34. The number of nitrogens with two attached hydrogens (primary N) is 1. The van der Waals surface area contributed by atoms with Crippen molar-refractivity contribution in [2.75, 3.05) is 18.9 Å². The molecule has 0 bridgehead atoms. The van der Waals surface area contributed by atoms with E-state index in [1.54, 1.807) is 0 Å². The van der Waals surface area contributed by atoms with Gasteiger partial charge in [0.1, 0.15) is 36.4 Å². The third-order valence-corrected chi connectivity index (χ3v) is 9.20. The number of H-pyrrole nitrogens is 1. The Labute approximate surface area is 239 Å². The van der Waals surface area contributed by atoms with Gasteiger partial charge in [-0.1, -0.05) is 0 Å². The second-order valence-electron chi connectivity index (χ2n) is 9.81. The normalized spacial score (nSPS) is 34.9. The van der Waals surface area contributed by atoms with Gasteiger partial charge in [0.15, 0.2) is 35.0 Å². The van der Waals surface area contributed by atoms with E-state index in [1.807, 2.05) is 0 Å². The van der Waals surface area contributed by atoms with E-state index in [1.165, 1.54) is 17.2 Å². The highest BCUT2D eigenvalue weighted by Gasteiger charge is 2.52. The SMILES string of the molecule is Nc1ncnc2c1ncn2[C@H]1C[C@@H]2NS(=O)(=O)OC[C@H]3O[C@@H](n4cnc5c(=O)[nH]cnc54)[C@H](F)[C@@H]3OP(=O)(O)OC[C@H]2O1. The molecule has 7 heterocycles. The smallest absolute Gasteiger partial charge is 0.382 e. The average Bonchev–Trinajstić information content (AvgIpc) is 3.72. The number of phosphoric ester groups is 1. The van der Waals surface area contributed by atoms with Crippen LogP contribution in [0.25, 0.3) is 22.3 Å². The largest absolute Gasteiger partial charge is 0.472 e. The van der Waals surface area contributed by atoms with Crippen LogP contribution in [-0.4, -0.2) is 96.1 Å². The molecule has 1 unspecified atom stereocenters. The molecule has 4 aromatic rings. The van der Waals surface area contributed by atoms with Gasteiger partial charge in [-0.05, 0) is 0 Å². The standard InChI is InChI=1S/C20H22FN10O10PS/c21-12-15-10(40-20(12)31-7-28-14-18(31)25-5-26-19(14)32)3-38-43(35,36)29-8-1-11(39-9(8)2-37-42(33,34)41-15)30-6-27-13-16(22)23-4-24-17(13)30/h4-12,15,20,29H,1-3H2,(H,33,34)(H2,22,23,24)(H,25,26,32)/t8-,9+,10+,11+,12+,15+,20+/m0/s1. The Bertz CT molecular complexity index is 1920. The van der Waals surface area contributed by atoms with Crippen LogP contribution < -0.4 is 16.0 Å². The van der Waals surface area contributed by atoms with Crippen LogP contribution in [0.3, 0.4) is 0 Å². The van der Waals surface area contributed by atoms with Crippen molar-refractivity contribution in [3.05, 3.63) is 35.7 Å². The molecule has 0 aliphatic carbocycles. The van der Waals surface area contributed by atoms with Gasteiger partial charge in [-0.15, -0.1) is 0 Å². The Morgan fingerprint density at radius 3 is 2.65 bits per heavy atom. The van der Waals surface area contributed by atoms with Crippen LogP contribution in [0, 0.1) is 0 Å². The van der Waals surface area contributed by atoms with E-state index in [-0.39, 0.29) is 23.4 Å². The fraction of sp³-hybridized carbons (Fsp3) is 0.500. The molecule has 7 rings (SSSR count). The summed E-state index contributed by atoms with van der Waals surface area (Å²) in [4.78, 5) is 45.0. The second-order valence-corrected chi connectivity index (χ2v) is 12.6.